The molecule has 2 aromatic carbocycles. The van der Waals surface area contributed by atoms with E-state index in [0.717, 1.165) is 18.9 Å². The molecule has 1 saturated heterocycles. The highest BCUT2D eigenvalue weighted by atomic mass is 32.2. The van der Waals surface area contributed by atoms with Gasteiger partial charge in [0.05, 0.1) is 15.4 Å². The number of hydrogen-bond acceptors (Lipinski definition) is 7. The number of amides is 3. The zero-order valence-electron chi connectivity index (χ0n) is 17.6. The van der Waals surface area contributed by atoms with Gasteiger partial charge in [0.2, 0.25) is 15.9 Å². The van der Waals surface area contributed by atoms with Gasteiger partial charge in [0, 0.05) is 24.8 Å². The first-order valence-electron chi connectivity index (χ1n) is 10.2. The smallest absolute Gasteiger partial charge is 0.282 e. The van der Waals surface area contributed by atoms with E-state index in [4.69, 9.17) is 0 Å². The molecule has 0 unspecified atom stereocenters. The summed E-state index contributed by atoms with van der Waals surface area (Å²) in [5, 5.41) is 13.8. The van der Waals surface area contributed by atoms with E-state index in [9.17, 15) is 32.9 Å². The van der Waals surface area contributed by atoms with Crippen LogP contribution in [0.5, 0.6) is 0 Å². The molecule has 0 radical (unpaired) electrons. The van der Waals surface area contributed by atoms with Crippen molar-refractivity contribution in [1.29, 1.82) is 0 Å². The van der Waals surface area contributed by atoms with Crippen molar-refractivity contribution >= 4 is 39.1 Å². The van der Waals surface area contributed by atoms with E-state index in [-0.39, 0.29) is 21.7 Å². The van der Waals surface area contributed by atoms with Crippen molar-refractivity contribution in [2.45, 2.75) is 30.7 Å². The normalized spacial score (nSPS) is 17.2. The fourth-order valence-electron chi connectivity index (χ4n) is 3.94. The number of nitro benzene ring substituents is 1. The van der Waals surface area contributed by atoms with Crippen LogP contribution in [0.4, 0.5) is 11.4 Å². The first kappa shape index (κ1) is 22.6. The Hall–Kier alpha value is -3.64. The van der Waals surface area contributed by atoms with Gasteiger partial charge in [-0.3, -0.25) is 29.4 Å². The summed E-state index contributed by atoms with van der Waals surface area (Å²) in [7, 11) is -3.60. The molecule has 0 spiro atoms. The predicted octanol–water partition coefficient (Wildman–Crippen LogP) is 2.00. The summed E-state index contributed by atoms with van der Waals surface area (Å²) in [5.41, 5.74) is -0.709. The minimum Gasteiger partial charge on any atom is -0.324 e. The molecule has 3 amide bonds. The molecule has 2 heterocycles. The minimum atomic E-state index is -3.60. The van der Waals surface area contributed by atoms with Crippen molar-refractivity contribution < 1.29 is 27.7 Å². The monoisotopic (exact) mass is 472 g/mol. The molecule has 33 heavy (non-hydrogen) atoms. The standard InChI is InChI=1S/C21H20N4O7S/c1-13(24-20(27)16-5-4-6-17(25(29)30)18(16)21(24)28)19(26)22-14-7-9-15(10-8-14)33(31,32)23-11-2-3-12-23/h4-10,13H,2-3,11-12H2,1H3,(H,22,26)/t13-/m0/s1. The van der Waals surface area contributed by atoms with Crippen LogP contribution in [-0.2, 0) is 14.8 Å². The van der Waals surface area contributed by atoms with Gasteiger partial charge in [-0.1, -0.05) is 6.07 Å². The number of imide groups is 1. The lowest BCUT2D eigenvalue weighted by Crippen LogP contribution is -2.45. The molecule has 1 fully saturated rings. The second-order valence-electron chi connectivity index (χ2n) is 7.74. The third-order valence-electron chi connectivity index (χ3n) is 5.71. The largest absolute Gasteiger partial charge is 0.324 e. The van der Waals surface area contributed by atoms with Gasteiger partial charge in [-0.25, -0.2) is 8.42 Å². The van der Waals surface area contributed by atoms with Gasteiger partial charge >= 0.3 is 0 Å². The maximum Gasteiger partial charge on any atom is 0.282 e. The molecule has 1 atom stereocenters. The van der Waals surface area contributed by atoms with Crippen LogP contribution < -0.4 is 5.32 Å². The van der Waals surface area contributed by atoms with E-state index in [1.165, 1.54) is 47.6 Å². The summed E-state index contributed by atoms with van der Waals surface area (Å²) in [6, 6.07) is 8.04. The van der Waals surface area contributed by atoms with Gasteiger partial charge in [-0.15, -0.1) is 0 Å². The summed E-state index contributed by atoms with van der Waals surface area (Å²) in [6.07, 6.45) is 1.62. The number of nitro groups is 1. The summed E-state index contributed by atoms with van der Waals surface area (Å²) >= 11 is 0. The van der Waals surface area contributed by atoms with Crippen LogP contribution in [0.3, 0.4) is 0 Å². The van der Waals surface area contributed by atoms with Crippen LogP contribution in [0.1, 0.15) is 40.5 Å². The molecule has 1 N–H and O–H groups in total. The third kappa shape index (κ3) is 3.87. The fraction of sp³-hybridized carbons (Fsp3) is 0.286. The summed E-state index contributed by atoms with van der Waals surface area (Å²) in [4.78, 5) is 49.5. The molecular weight excluding hydrogens is 452 g/mol. The van der Waals surface area contributed by atoms with Crippen molar-refractivity contribution in [3.05, 3.63) is 63.7 Å². The Morgan fingerprint density at radius 2 is 1.70 bits per heavy atom. The van der Waals surface area contributed by atoms with E-state index in [0.29, 0.717) is 18.0 Å². The SMILES string of the molecule is C[C@@H](C(=O)Nc1ccc(S(=O)(=O)N2CCCC2)cc1)N1C(=O)c2cccc([N+](=O)[O-])c2C1=O. The summed E-state index contributed by atoms with van der Waals surface area (Å²) in [6.45, 7) is 2.27. The van der Waals surface area contributed by atoms with Crippen molar-refractivity contribution in [2.75, 3.05) is 18.4 Å². The highest BCUT2D eigenvalue weighted by Gasteiger charge is 2.44. The molecular formula is C21H20N4O7S. The fourth-order valence-corrected chi connectivity index (χ4v) is 5.46. The zero-order valence-corrected chi connectivity index (χ0v) is 18.4. The molecule has 0 saturated carbocycles. The highest BCUT2D eigenvalue weighted by molar-refractivity contribution is 7.89. The Labute approximate surface area is 189 Å². The Bertz CT molecular complexity index is 1270. The molecule has 0 aromatic heterocycles. The van der Waals surface area contributed by atoms with Gasteiger partial charge in [-0.2, -0.15) is 4.31 Å². The number of sulfonamides is 1. The molecule has 2 aliphatic heterocycles. The van der Waals surface area contributed by atoms with E-state index < -0.39 is 44.4 Å². The molecule has 11 nitrogen and oxygen atoms in total. The number of hydrogen-bond donors (Lipinski definition) is 1. The number of fused-ring (bicyclic) bond motifs is 1. The number of carbonyl (C=O) groups is 3. The highest BCUT2D eigenvalue weighted by Crippen LogP contribution is 2.32. The number of nitrogens with one attached hydrogen (secondary N) is 1. The van der Waals surface area contributed by atoms with Crippen LogP contribution in [0.2, 0.25) is 0 Å². The Morgan fingerprint density at radius 1 is 1.06 bits per heavy atom. The Balaban J connectivity index is 1.50. The van der Waals surface area contributed by atoms with Crippen LogP contribution in [0.25, 0.3) is 0 Å². The molecule has 2 aromatic rings. The lowest BCUT2D eigenvalue weighted by Gasteiger charge is -2.21. The third-order valence-corrected chi connectivity index (χ3v) is 7.63. The number of carbonyl (C=O) groups excluding carboxylic acids is 3. The van der Waals surface area contributed by atoms with Crippen LogP contribution >= 0.6 is 0 Å². The first-order valence-corrected chi connectivity index (χ1v) is 11.6. The van der Waals surface area contributed by atoms with Gasteiger partial charge < -0.3 is 5.32 Å². The lowest BCUT2D eigenvalue weighted by molar-refractivity contribution is -0.385. The van der Waals surface area contributed by atoms with Crippen molar-refractivity contribution in [3.8, 4) is 0 Å². The van der Waals surface area contributed by atoms with Gasteiger partial charge in [-0.05, 0) is 50.1 Å². The van der Waals surface area contributed by atoms with Gasteiger partial charge in [0.1, 0.15) is 11.6 Å². The molecule has 4 rings (SSSR count). The summed E-state index contributed by atoms with van der Waals surface area (Å²) < 4.78 is 26.6. The molecule has 0 aliphatic carbocycles. The minimum absolute atomic E-state index is 0.100. The van der Waals surface area contributed by atoms with E-state index in [1.807, 2.05) is 0 Å². The Kier molecular flexibility index (Phi) is 5.72. The van der Waals surface area contributed by atoms with Gasteiger partial charge in [0.15, 0.2) is 0 Å². The van der Waals surface area contributed by atoms with Crippen molar-refractivity contribution in [3.63, 3.8) is 0 Å². The molecule has 172 valence electrons. The maximum absolute atomic E-state index is 12.8. The van der Waals surface area contributed by atoms with E-state index in [1.54, 1.807) is 0 Å². The zero-order chi connectivity index (χ0) is 23.9. The molecule has 2 aliphatic rings. The van der Waals surface area contributed by atoms with Crippen molar-refractivity contribution in [1.82, 2.24) is 9.21 Å². The number of nitrogens with zero attached hydrogens (tertiary/aromatic N) is 3. The van der Waals surface area contributed by atoms with Crippen LogP contribution in [-0.4, -0.2) is 59.4 Å². The predicted molar refractivity (Wildman–Crippen MR) is 116 cm³/mol. The average Bonchev–Trinajstić information content (AvgIpc) is 3.42. The Morgan fingerprint density at radius 3 is 2.30 bits per heavy atom. The van der Waals surface area contributed by atoms with Crippen LogP contribution in [0.15, 0.2) is 47.4 Å². The molecule has 0 bridgehead atoms. The number of anilines is 1. The summed E-state index contributed by atoms with van der Waals surface area (Å²) in [5.74, 6) is -2.42. The van der Waals surface area contributed by atoms with Gasteiger partial charge in [0.25, 0.3) is 17.5 Å². The second kappa shape index (κ2) is 8.37. The second-order valence-corrected chi connectivity index (χ2v) is 9.68. The first-order chi connectivity index (χ1) is 15.6. The van der Waals surface area contributed by atoms with Crippen LogP contribution in [0, 0.1) is 10.1 Å². The molecule has 12 heteroatoms. The maximum atomic E-state index is 12.8. The quantitative estimate of drug-likeness (QED) is 0.384. The lowest BCUT2D eigenvalue weighted by atomic mass is 10.1. The van der Waals surface area contributed by atoms with Crippen molar-refractivity contribution in [2.24, 2.45) is 0 Å². The topological polar surface area (TPSA) is 147 Å². The van der Waals surface area contributed by atoms with E-state index in [2.05, 4.69) is 5.32 Å². The average molecular weight is 472 g/mol. The van der Waals surface area contributed by atoms with E-state index >= 15 is 0 Å². The number of rotatable bonds is 6. The number of benzene rings is 2.